The van der Waals surface area contributed by atoms with Crippen molar-refractivity contribution in [3.05, 3.63) is 36.7 Å². The highest BCUT2D eigenvalue weighted by Crippen LogP contribution is 2.27. The van der Waals surface area contributed by atoms with Crippen LogP contribution in [-0.2, 0) is 4.74 Å². The standard InChI is InChI=1S/C14H18N4O/c1-2-19-14-9-12(10-14)17-11-3-5-13(6-4-11)18-15-7-8-16-18/h3-8,12,14,17H,2,9-10H2,1H3. The van der Waals surface area contributed by atoms with E-state index in [0.29, 0.717) is 12.1 Å². The number of aromatic nitrogens is 3. The largest absolute Gasteiger partial charge is 0.382 e. The van der Waals surface area contributed by atoms with Crippen LogP contribution in [-0.4, -0.2) is 33.7 Å². The quantitative estimate of drug-likeness (QED) is 0.893. The van der Waals surface area contributed by atoms with Crippen LogP contribution in [0.3, 0.4) is 0 Å². The van der Waals surface area contributed by atoms with Crippen LogP contribution in [0.5, 0.6) is 0 Å². The Morgan fingerprint density at radius 2 is 1.89 bits per heavy atom. The Morgan fingerprint density at radius 3 is 2.53 bits per heavy atom. The third kappa shape index (κ3) is 2.76. The molecule has 0 spiro atoms. The van der Waals surface area contributed by atoms with Crippen molar-refractivity contribution in [2.75, 3.05) is 11.9 Å². The fourth-order valence-electron chi connectivity index (χ4n) is 2.33. The predicted octanol–water partition coefficient (Wildman–Crippen LogP) is 2.25. The van der Waals surface area contributed by atoms with Gasteiger partial charge in [-0.05, 0) is 44.0 Å². The van der Waals surface area contributed by atoms with Crippen molar-refractivity contribution in [3.8, 4) is 5.69 Å². The molecule has 100 valence electrons. The van der Waals surface area contributed by atoms with Gasteiger partial charge in [0, 0.05) is 18.3 Å². The molecule has 0 amide bonds. The molecule has 1 N–H and O–H groups in total. The number of anilines is 1. The summed E-state index contributed by atoms with van der Waals surface area (Å²) >= 11 is 0. The number of nitrogens with zero attached hydrogens (tertiary/aromatic N) is 3. The van der Waals surface area contributed by atoms with E-state index in [1.165, 1.54) is 0 Å². The fourth-order valence-corrected chi connectivity index (χ4v) is 2.33. The zero-order chi connectivity index (χ0) is 13.1. The number of rotatable bonds is 5. The molecule has 1 aliphatic rings. The molecule has 5 nitrogen and oxygen atoms in total. The normalized spacial score (nSPS) is 21.9. The first kappa shape index (κ1) is 12.2. The van der Waals surface area contributed by atoms with Crippen molar-refractivity contribution >= 4 is 5.69 Å². The van der Waals surface area contributed by atoms with Gasteiger partial charge in [-0.3, -0.25) is 0 Å². The molecule has 1 fully saturated rings. The minimum Gasteiger partial charge on any atom is -0.382 e. The average molecular weight is 258 g/mol. The Bertz CT molecular complexity index is 503. The molecule has 1 aliphatic carbocycles. The number of ether oxygens (including phenoxy) is 1. The molecular weight excluding hydrogens is 240 g/mol. The maximum absolute atomic E-state index is 5.55. The Kier molecular flexibility index (Phi) is 3.46. The zero-order valence-corrected chi connectivity index (χ0v) is 11.0. The minimum atomic E-state index is 0.440. The van der Waals surface area contributed by atoms with Gasteiger partial charge >= 0.3 is 0 Å². The second-order valence-electron chi connectivity index (χ2n) is 4.76. The van der Waals surface area contributed by atoms with Crippen LogP contribution in [0.25, 0.3) is 5.69 Å². The Labute approximate surface area is 112 Å². The van der Waals surface area contributed by atoms with Gasteiger partial charge in [0.25, 0.3) is 0 Å². The predicted molar refractivity (Wildman–Crippen MR) is 73.4 cm³/mol. The number of hydrogen-bond acceptors (Lipinski definition) is 4. The summed E-state index contributed by atoms with van der Waals surface area (Å²) in [6.45, 7) is 2.85. The van der Waals surface area contributed by atoms with Gasteiger partial charge in [0.15, 0.2) is 0 Å². The van der Waals surface area contributed by atoms with Gasteiger partial charge in [-0.1, -0.05) is 0 Å². The van der Waals surface area contributed by atoms with E-state index in [1.54, 1.807) is 17.2 Å². The van der Waals surface area contributed by atoms with E-state index in [-0.39, 0.29) is 0 Å². The molecule has 0 bridgehead atoms. The van der Waals surface area contributed by atoms with Gasteiger partial charge < -0.3 is 10.1 Å². The SMILES string of the molecule is CCOC1CC(Nc2ccc(-n3nccn3)cc2)C1. The van der Waals surface area contributed by atoms with Gasteiger partial charge in [0.1, 0.15) is 0 Å². The molecule has 1 heterocycles. The van der Waals surface area contributed by atoms with Crippen LogP contribution in [0.1, 0.15) is 19.8 Å². The van der Waals surface area contributed by atoms with E-state index in [0.717, 1.165) is 30.8 Å². The Morgan fingerprint density at radius 1 is 1.21 bits per heavy atom. The van der Waals surface area contributed by atoms with Crippen LogP contribution >= 0.6 is 0 Å². The lowest BCUT2D eigenvalue weighted by Crippen LogP contribution is -2.40. The number of benzene rings is 1. The minimum absolute atomic E-state index is 0.440. The molecule has 0 radical (unpaired) electrons. The van der Waals surface area contributed by atoms with Crippen LogP contribution in [0.4, 0.5) is 5.69 Å². The molecule has 1 saturated carbocycles. The van der Waals surface area contributed by atoms with E-state index >= 15 is 0 Å². The molecule has 0 aliphatic heterocycles. The Balaban J connectivity index is 1.56. The fraction of sp³-hybridized carbons (Fsp3) is 0.429. The van der Waals surface area contributed by atoms with Crippen LogP contribution in [0.2, 0.25) is 0 Å². The maximum atomic E-state index is 5.55. The summed E-state index contributed by atoms with van der Waals surface area (Å²) in [6.07, 6.45) is 5.98. The third-order valence-electron chi connectivity index (χ3n) is 3.38. The molecule has 2 aromatic rings. The molecule has 3 rings (SSSR count). The summed E-state index contributed by atoms with van der Waals surface area (Å²) in [5.74, 6) is 0. The second-order valence-corrected chi connectivity index (χ2v) is 4.76. The molecule has 1 aromatic heterocycles. The lowest BCUT2D eigenvalue weighted by Gasteiger charge is -2.36. The van der Waals surface area contributed by atoms with E-state index < -0.39 is 0 Å². The van der Waals surface area contributed by atoms with Crippen LogP contribution in [0, 0.1) is 0 Å². The molecule has 0 atom stereocenters. The van der Waals surface area contributed by atoms with Gasteiger partial charge in [0.05, 0.1) is 24.2 Å². The van der Waals surface area contributed by atoms with E-state index in [1.807, 2.05) is 19.1 Å². The highest BCUT2D eigenvalue weighted by Gasteiger charge is 2.29. The first-order valence-electron chi connectivity index (χ1n) is 6.70. The topological polar surface area (TPSA) is 52.0 Å². The highest BCUT2D eigenvalue weighted by molar-refractivity contribution is 5.49. The summed E-state index contributed by atoms with van der Waals surface area (Å²) in [5, 5.41) is 11.7. The van der Waals surface area contributed by atoms with Crippen molar-refractivity contribution in [2.24, 2.45) is 0 Å². The second kappa shape index (κ2) is 5.40. The number of nitrogens with one attached hydrogen (secondary N) is 1. The summed E-state index contributed by atoms with van der Waals surface area (Å²) in [5.41, 5.74) is 2.10. The average Bonchev–Trinajstić information content (AvgIpc) is 2.91. The van der Waals surface area contributed by atoms with Gasteiger partial charge in [-0.25, -0.2) is 0 Å². The van der Waals surface area contributed by atoms with Gasteiger partial charge in [-0.15, -0.1) is 0 Å². The zero-order valence-electron chi connectivity index (χ0n) is 11.0. The van der Waals surface area contributed by atoms with E-state index in [4.69, 9.17) is 4.74 Å². The van der Waals surface area contributed by atoms with Gasteiger partial charge in [-0.2, -0.15) is 15.0 Å². The van der Waals surface area contributed by atoms with Crippen molar-refractivity contribution in [3.63, 3.8) is 0 Å². The van der Waals surface area contributed by atoms with Crippen molar-refractivity contribution < 1.29 is 4.74 Å². The molecule has 1 aromatic carbocycles. The Hall–Kier alpha value is -1.88. The molecule has 19 heavy (non-hydrogen) atoms. The van der Waals surface area contributed by atoms with Gasteiger partial charge in [0.2, 0.25) is 0 Å². The lowest BCUT2D eigenvalue weighted by molar-refractivity contribution is 0.00299. The molecule has 0 unspecified atom stereocenters. The summed E-state index contributed by atoms with van der Waals surface area (Å²) in [6, 6.07) is 8.69. The molecule has 0 saturated heterocycles. The lowest BCUT2D eigenvalue weighted by atomic mass is 9.89. The van der Waals surface area contributed by atoms with E-state index in [2.05, 4.69) is 27.6 Å². The first-order valence-corrected chi connectivity index (χ1v) is 6.70. The van der Waals surface area contributed by atoms with Crippen LogP contribution < -0.4 is 5.32 Å². The van der Waals surface area contributed by atoms with Crippen LogP contribution in [0.15, 0.2) is 36.7 Å². The smallest absolute Gasteiger partial charge is 0.0858 e. The van der Waals surface area contributed by atoms with Crippen molar-refractivity contribution in [2.45, 2.75) is 31.9 Å². The highest BCUT2D eigenvalue weighted by atomic mass is 16.5. The first-order chi connectivity index (χ1) is 9.35. The monoisotopic (exact) mass is 258 g/mol. The molecule has 5 heteroatoms. The van der Waals surface area contributed by atoms with Crippen molar-refractivity contribution in [1.29, 1.82) is 0 Å². The maximum Gasteiger partial charge on any atom is 0.0858 e. The molecular formula is C14H18N4O. The third-order valence-corrected chi connectivity index (χ3v) is 3.38. The number of hydrogen-bond donors (Lipinski definition) is 1. The van der Waals surface area contributed by atoms with Crippen molar-refractivity contribution in [1.82, 2.24) is 15.0 Å². The summed E-state index contributed by atoms with van der Waals surface area (Å²) in [7, 11) is 0. The van der Waals surface area contributed by atoms with E-state index in [9.17, 15) is 0 Å². The summed E-state index contributed by atoms with van der Waals surface area (Å²) in [4.78, 5) is 1.61. The summed E-state index contributed by atoms with van der Waals surface area (Å²) < 4.78 is 5.55.